The van der Waals surface area contributed by atoms with Crippen LogP contribution in [0.3, 0.4) is 0 Å². The number of benzene rings is 1. The van der Waals surface area contributed by atoms with Gasteiger partial charge in [-0.05, 0) is 37.0 Å². The minimum absolute atomic E-state index is 0.104. The van der Waals surface area contributed by atoms with Gasteiger partial charge in [-0.2, -0.15) is 0 Å². The van der Waals surface area contributed by atoms with Crippen molar-refractivity contribution in [1.82, 2.24) is 10.6 Å². The lowest BCUT2D eigenvalue weighted by molar-refractivity contribution is -0.115. The number of anilines is 1. The van der Waals surface area contributed by atoms with Crippen LogP contribution in [0.15, 0.2) is 27.7 Å². The van der Waals surface area contributed by atoms with E-state index in [1.807, 2.05) is 25.1 Å². The SMILES string of the molecule is CN=C(NCCC(C)C)NCC(=O)Nc1cc(Br)ccc1C. The van der Waals surface area contributed by atoms with Crippen molar-refractivity contribution < 1.29 is 4.79 Å². The fraction of sp³-hybridized carbons (Fsp3) is 0.500. The van der Waals surface area contributed by atoms with E-state index in [2.05, 4.69) is 50.7 Å². The van der Waals surface area contributed by atoms with Gasteiger partial charge in [-0.25, -0.2) is 0 Å². The summed E-state index contributed by atoms with van der Waals surface area (Å²) >= 11 is 3.40. The first-order chi connectivity index (χ1) is 10.4. The van der Waals surface area contributed by atoms with Crippen molar-refractivity contribution >= 4 is 33.5 Å². The predicted molar refractivity (Wildman–Crippen MR) is 96.3 cm³/mol. The van der Waals surface area contributed by atoms with Gasteiger partial charge in [0.25, 0.3) is 0 Å². The average Bonchev–Trinajstić information content (AvgIpc) is 2.46. The van der Waals surface area contributed by atoms with Crippen molar-refractivity contribution in [3.63, 3.8) is 0 Å². The summed E-state index contributed by atoms with van der Waals surface area (Å²) < 4.78 is 0.938. The molecule has 5 nitrogen and oxygen atoms in total. The zero-order valence-corrected chi connectivity index (χ0v) is 15.3. The molecular formula is C16H25BrN4O. The van der Waals surface area contributed by atoms with Gasteiger partial charge in [0.15, 0.2) is 5.96 Å². The third-order valence-electron chi connectivity index (χ3n) is 3.13. The molecule has 0 heterocycles. The van der Waals surface area contributed by atoms with Crippen molar-refractivity contribution in [1.29, 1.82) is 0 Å². The third kappa shape index (κ3) is 6.93. The molecule has 3 N–H and O–H groups in total. The van der Waals surface area contributed by atoms with E-state index in [9.17, 15) is 4.79 Å². The lowest BCUT2D eigenvalue weighted by Crippen LogP contribution is -2.41. The van der Waals surface area contributed by atoms with Gasteiger partial charge in [0.1, 0.15) is 0 Å². The maximum atomic E-state index is 12.0. The Morgan fingerprint density at radius 1 is 1.32 bits per heavy atom. The number of guanidine groups is 1. The van der Waals surface area contributed by atoms with Gasteiger partial charge in [0.2, 0.25) is 5.91 Å². The number of rotatable bonds is 6. The average molecular weight is 369 g/mol. The summed E-state index contributed by atoms with van der Waals surface area (Å²) in [6.45, 7) is 7.32. The highest BCUT2D eigenvalue weighted by Gasteiger charge is 2.06. The first-order valence-electron chi connectivity index (χ1n) is 7.43. The van der Waals surface area contributed by atoms with Crippen LogP contribution in [0.4, 0.5) is 5.69 Å². The number of aliphatic imine (C=N–C) groups is 1. The van der Waals surface area contributed by atoms with Gasteiger partial charge in [-0.1, -0.05) is 35.8 Å². The highest BCUT2D eigenvalue weighted by Crippen LogP contribution is 2.20. The molecule has 0 saturated carbocycles. The van der Waals surface area contributed by atoms with E-state index >= 15 is 0 Å². The quantitative estimate of drug-likeness (QED) is 0.534. The Bertz CT molecular complexity index is 529. The summed E-state index contributed by atoms with van der Waals surface area (Å²) in [5.74, 6) is 1.17. The van der Waals surface area contributed by atoms with Crippen molar-refractivity contribution in [2.75, 3.05) is 25.5 Å². The Labute approximate surface area is 141 Å². The van der Waals surface area contributed by atoms with Gasteiger partial charge in [0.05, 0.1) is 6.54 Å². The summed E-state index contributed by atoms with van der Waals surface area (Å²) in [6.07, 6.45) is 1.06. The first-order valence-corrected chi connectivity index (χ1v) is 8.22. The molecule has 0 fully saturated rings. The molecule has 0 radical (unpaired) electrons. The van der Waals surface area contributed by atoms with E-state index in [0.717, 1.165) is 28.7 Å². The van der Waals surface area contributed by atoms with Crippen molar-refractivity contribution in [2.45, 2.75) is 27.2 Å². The Kier molecular flexibility index (Phi) is 7.95. The second-order valence-electron chi connectivity index (χ2n) is 5.54. The molecule has 0 aliphatic heterocycles. The number of aryl methyl sites for hydroxylation is 1. The Hall–Kier alpha value is -1.56. The summed E-state index contributed by atoms with van der Waals surface area (Å²) in [5.41, 5.74) is 1.83. The minimum atomic E-state index is -0.104. The van der Waals surface area contributed by atoms with Gasteiger partial charge in [-0.15, -0.1) is 0 Å². The van der Waals surface area contributed by atoms with Crippen molar-refractivity contribution in [3.8, 4) is 0 Å². The second kappa shape index (κ2) is 9.46. The fourth-order valence-corrected chi connectivity index (χ4v) is 2.15. The minimum Gasteiger partial charge on any atom is -0.356 e. The molecule has 0 spiro atoms. The van der Waals surface area contributed by atoms with Crippen LogP contribution in [-0.4, -0.2) is 32.0 Å². The molecule has 0 saturated heterocycles. The topological polar surface area (TPSA) is 65.5 Å². The van der Waals surface area contributed by atoms with E-state index in [1.54, 1.807) is 7.05 Å². The highest BCUT2D eigenvalue weighted by molar-refractivity contribution is 9.10. The number of carbonyl (C=O) groups is 1. The van der Waals surface area contributed by atoms with Crippen LogP contribution in [0.25, 0.3) is 0 Å². The zero-order valence-electron chi connectivity index (χ0n) is 13.7. The summed E-state index contributed by atoms with van der Waals surface area (Å²) in [7, 11) is 1.70. The molecule has 0 aliphatic rings. The molecule has 0 unspecified atom stereocenters. The number of carbonyl (C=O) groups excluding carboxylic acids is 1. The standard InChI is InChI=1S/C16H25BrN4O/c1-11(2)7-8-19-16(18-4)20-10-15(22)21-14-9-13(17)6-5-12(14)3/h5-6,9,11H,7-8,10H2,1-4H3,(H,21,22)(H2,18,19,20). The molecular weight excluding hydrogens is 344 g/mol. The van der Waals surface area contributed by atoms with E-state index in [-0.39, 0.29) is 12.5 Å². The van der Waals surface area contributed by atoms with Crippen LogP contribution >= 0.6 is 15.9 Å². The van der Waals surface area contributed by atoms with Crippen LogP contribution in [0, 0.1) is 12.8 Å². The predicted octanol–water partition coefficient (Wildman–Crippen LogP) is 2.91. The van der Waals surface area contributed by atoms with Crippen LogP contribution in [0.5, 0.6) is 0 Å². The van der Waals surface area contributed by atoms with Crippen LogP contribution in [0.1, 0.15) is 25.8 Å². The van der Waals surface area contributed by atoms with Crippen molar-refractivity contribution in [2.24, 2.45) is 10.9 Å². The van der Waals surface area contributed by atoms with Gasteiger partial charge in [-0.3, -0.25) is 9.79 Å². The molecule has 22 heavy (non-hydrogen) atoms. The number of amides is 1. The van der Waals surface area contributed by atoms with E-state index in [0.29, 0.717) is 11.9 Å². The molecule has 0 aliphatic carbocycles. The van der Waals surface area contributed by atoms with Crippen LogP contribution in [0.2, 0.25) is 0 Å². The normalized spacial score (nSPS) is 11.5. The Morgan fingerprint density at radius 2 is 2.05 bits per heavy atom. The van der Waals surface area contributed by atoms with E-state index < -0.39 is 0 Å². The first kappa shape index (κ1) is 18.5. The smallest absolute Gasteiger partial charge is 0.243 e. The second-order valence-corrected chi connectivity index (χ2v) is 6.46. The molecule has 1 amide bonds. The molecule has 1 aromatic rings. The van der Waals surface area contributed by atoms with Gasteiger partial charge < -0.3 is 16.0 Å². The Balaban J connectivity index is 2.43. The molecule has 1 aromatic carbocycles. The molecule has 1 rings (SSSR count). The molecule has 122 valence electrons. The highest BCUT2D eigenvalue weighted by atomic mass is 79.9. The molecule has 0 aromatic heterocycles. The number of nitrogens with one attached hydrogen (secondary N) is 3. The number of halogens is 1. The summed E-state index contributed by atoms with van der Waals surface area (Å²) in [4.78, 5) is 16.1. The lowest BCUT2D eigenvalue weighted by Gasteiger charge is -2.13. The molecule has 6 heteroatoms. The Morgan fingerprint density at radius 3 is 2.68 bits per heavy atom. The lowest BCUT2D eigenvalue weighted by atomic mass is 10.1. The molecule has 0 atom stereocenters. The fourth-order valence-electron chi connectivity index (χ4n) is 1.79. The largest absolute Gasteiger partial charge is 0.356 e. The van der Waals surface area contributed by atoms with Gasteiger partial charge in [0, 0.05) is 23.8 Å². The van der Waals surface area contributed by atoms with E-state index in [1.165, 1.54) is 0 Å². The van der Waals surface area contributed by atoms with Crippen molar-refractivity contribution in [3.05, 3.63) is 28.2 Å². The van der Waals surface area contributed by atoms with E-state index in [4.69, 9.17) is 0 Å². The maximum Gasteiger partial charge on any atom is 0.243 e. The molecule has 0 bridgehead atoms. The monoisotopic (exact) mass is 368 g/mol. The number of hydrogen-bond donors (Lipinski definition) is 3. The summed E-state index contributed by atoms with van der Waals surface area (Å²) in [5, 5.41) is 9.09. The maximum absolute atomic E-state index is 12.0. The van der Waals surface area contributed by atoms with Crippen LogP contribution in [-0.2, 0) is 4.79 Å². The third-order valence-corrected chi connectivity index (χ3v) is 3.62. The summed E-state index contributed by atoms with van der Waals surface area (Å²) in [6, 6.07) is 5.80. The zero-order chi connectivity index (χ0) is 16.5. The number of nitrogens with zero attached hydrogens (tertiary/aromatic N) is 1. The van der Waals surface area contributed by atoms with Gasteiger partial charge >= 0.3 is 0 Å². The number of hydrogen-bond acceptors (Lipinski definition) is 2. The van der Waals surface area contributed by atoms with Crippen LogP contribution < -0.4 is 16.0 Å².